The molecule has 56 heavy (non-hydrogen) atoms. The minimum absolute atomic E-state index is 0.0403. The van der Waals surface area contributed by atoms with Crippen molar-refractivity contribution in [1.29, 1.82) is 0 Å². The molecule has 298 valence electrons. The number of nitrogens with two attached hydrogens (primary N) is 1. The molecule has 4 rings (SSSR count). The number of hydroxylamine groups is 2. The molecule has 1 heterocycles. The van der Waals surface area contributed by atoms with E-state index in [1.54, 1.807) is 30.3 Å². The summed E-state index contributed by atoms with van der Waals surface area (Å²) in [4.78, 5) is 96.3. The van der Waals surface area contributed by atoms with E-state index in [0.29, 0.717) is 10.6 Å². The van der Waals surface area contributed by atoms with Gasteiger partial charge < -0.3 is 36.0 Å². The lowest BCUT2D eigenvalue weighted by atomic mass is 10.0. The number of hydrogen-bond donors (Lipinski definition) is 4. The Kier molecular flexibility index (Phi) is 16.7. The van der Waals surface area contributed by atoms with Crippen molar-refractivity contribution in [2.45, 2.75) is 89.8 Å². The molecular weight excluding hydrogens is 722 g/mol. The largest absolute Gasteiger partial charge is 0.461 e. The molecule has 0 aromatic heterocycles. The highest BCUT2D eigenvalue weighted by molar-refractivity contribution is 6.02. The van der Waals surface area contributed by atoms with E-state index in [4.69, 9.17) is 20.0 Å². The fraction of sp³-hybridized carbons (Fsp3) is 0.390. The molecule has 0 bridgehead atoms. The van der Waals surface area contributed by atoms with Crippen LogP contribution < -0.4 is 21.7 Å². The van der Waals surface area contributed by atoms with E-state index in [-0.39, 0.29) is 64.3 Å². The van der Waals surface area contributed by atoms with Crippen molar-refractivity contribution < 1.29 is 47.9 Å². The summed E-state index contributed by atoms with van der Waals surface area (Å²) in [6.07, 6.45) is -0.304. The Hall–Kier alpha value is -5.93. The molecule has 4 unspecified atom stereocenters. The molecule has 4 atom stereocenters. The van der Waals surface area contributed by atoms with Crippen LogP contribution in [0.1, 0.15) is 62.6 Å². The summed E-state index contributed by atoms with van der Waals surface area (Å²) in [5.74, 6) is -5.29. The molecule has 15 heteroatoms. The van der Waals surface area contributed by atoms with Crippen molar-refractivity contribution in [3.05, 3.63) is 108 Å². The number of ether oxygens (including phenoxy) is 2. The van der Waals surface area contributed by atoms with E-state index in [1.807, 2.05) is 74.5 Å². The van der Waals surface area contributed by atoms with Crippen LogP contribution in [-0.2, 0) is 67.5 Å². The summed E-state index contributed by atoms with van der Waals surface area (Å²) in [7, 11) is 0. The van der Waals surface area contributed by atoms with E-state index in [2.05, 4.69) is 16.0 Å². The van der Waals surface area contributed by atoms with Crippen LogP contribution in [0, 0.1) is 5.92 Å². The fourth-order valence-corrected chi connectivity index (χ4v) is 5.65. The summed E-state index contributed by atoms with van der Waals surface area (Å²) in [6.45, 7) is 3.52. The average molecular weight is 772 g/mol. The first-order valence-corrected chi connectivity index (χ1v) is 18.5. The van der Waals surface area contributed by atoms with Gasteiger partial charge in [-0.1, -0.05) is 105 Å². The van der Waals surface area contributed by atoms with Crippen molar-refractivity contribution in [1.82, 2.24) is 21.0 Å². The molecular formula is C41H49N5O10. The second kappa shape index (κ2) is 21.8. The summed E-state index contributed by atoms with van der Waals surface area (Å²) in [5.41, 5.74) is 8.36. The summed E-state index contributed by atoms with van der Waals surface area (Å²) in [5, 5.41) is 8.30. The molecule has 5 N–H and O–H groups in total. The average Bonchev–Trinajstić information content (AvgIpc) is 3.51. The molecule has 1 aliphatic heterocycles. The van der Waals surface area contributed by atoms with Gasteiger partial charge in [0.15, 0.2) is 0 Å². The zero-order valence-corrected chi connectivity index (χ0v) is 31.5. The Labute approximate surface area is 325 Å². The first-order chi connectivity index (χ1) is 26.9. The first kappa shape index (κ1) is 42.8. The number of carbonyl (C=O) groups is 7. The quantitative estimate of drug-likeness (QED) is 0.0912. The Balaban J connectivity index is 1.45. The molecule has 1 fully saturated rings. The SMILES string of the molecule is CC(C)CC(NC(=O)C(N)CCC(=O)OCc1ccccc1)C(=O)NC(COCc1ccccc1)C(=O)NC(Cc1ccccc1)C(=O)ON1C(=O)CCC1=O. The maximum absolute atomic E-state index is 13.9. The molecule has 3 aromatic rings. The number of hydrogen-bond acceptors (Lipinski definition) is 11. The van der Waals surface area contributed by atoms with Gasteiger partial charge in [0.2, 0.25) is 17.7 Å². The lowest BCUT2D eigenvalue weighted by Gasteiger charge is -2.26. The van der Waals surface area contributed by atoms with Crippen molar-refractivity contribution in [3.8, 4) is 0 Å². The number of carbonyl (C=O) groups excluding carboxylic acids is 7. The summed E-state index contributed by atoms with van der Waals surface area (Å²) < 4.78 is 11.1. The number of amides is 5. The van der Waals surface area contributed by atoms with E-state index in [9.17, 15) is 33.6 Å². The smallest absolute Gasteiger partial charge is 0.355 e. The molecule has 3 aromatic carbocycles. The molecule has 15 nitrogen and oxygen atoms in total. The second-order valence-electron chi connectivity index (χ2n) is 13.8. The van der Waals surface area contributed by atoms with Crippen LogP contribution in [0.25, 0.3) is 0 Å². The third-order valence-electron chi connectivity index (χ3n) is 8.68. The van der Waals surface area contributed by atoms with Gasteiger partial charge in [-0.2, -0.15) is 0 Å². The molecule has 0 radical (unpaired) electrons. The van der Waals surface area contributed by atoms with Gasteiger partial charge in [-0.15, -0.1) is 5.06 Å². The third-order valence-corrected chi connectivity index (χ3v) is 8.68. The number of esters is 1. The van der Waals surface area contributed by atoms with Crippen LogP contribution in [0.5, 0.6) is 0 Å². The highest BCUT2D eigenvalue weighted by Gasteiger charge is 2.37. The Bertz CT molecular complexity index is 1780. The molecule has 5 amide bonds. The normalized spacial score (nSPS) is 14.7. The standard InChI is InChI=1S/C41H49N5O10/c1-27(2)22-32(43-38(50)31(42)18-21-37(49)55-25-30-16-10-5-11-17-30)39(51)45-34(26-54-24-29-14-8-4-9-15-29)40(52)44-33(23-28-12-6-3-7-13-28)41(53)56-46-35(47)19-20-36(46)48/h3-17,27,31-34H,18-26,42H2,1-2H3,(H,43,50)(H,44,52)(H,45,51). The van der Waals surface area contributed by atoms with Gasteiger partial charge >= 0.3 is 11.9 Å². The van der Waals surface area contributed by atoms with Crippen LogP contribution >= 0.6 is 0 Å². The highest BCUT2D eigenvalue weighted by Crippen LogP contribution is 2.15. The number of imide groups is 1. The number of benzene rings is 3. The van der Waals surface area contributed by atoms with Crippen molar-refractivity contribution >= 4 is 41.5 Å². The Morgan fingerprint density at radius 2 is 1.18 bits per heavy atom. The number of rotatable bonds is 21. The van der Waals surface area contributed by atoms with Gasteiger partial charge in [0.25, 0.3) is 11.8 Å². The van der Waals surface area contributed by atoms with Crippen LogP contribution in [0.15, 0.2) is 91.0 Å². The zero-order chi connectivity index (χ0) is 40.5. The fourth-order valence-electron chi connectivity index (χ4n) is 5.65. The summed E-state index contributed by atoms with van der Waals surface area (Å²) >= 11 is 0. The monoisotopic (exact) mass is 771 g/mol. The molecule has 1 aliphatic rings. The number of nitrogens with zero attached hydrogens (tertiary/aromatic N) is 1. The Morgan fingerprint density at radius 1 is 0.679 bits per heavy atom. The first-order valence-electron chi connectivity index (χ1n) is 18.5. The van der Waals surface area contributed by atoms with E-state index < -0.39 is 65.6 Å². The third kappa shape index (κ3) is 14.0. The van der Waals surface area contributed by atoms with Crippen LogP contribution in [0.4, 0.5) is 0 Å². The van der Waals surface area contributed by atoms with Crippen LogP contribution in [0.3, 0.4) is 0 Å². The van der Waals surface area contributed by atoms with Crippen LogP contribution in [0.2, 0.25) is 0 Å². The molecule has 1 saturated heterocycles. The predicted molar refractivity (Wildman–Crippen MR) is 202 cm³/mol. The lowest BCUT2D eigenvalue weighted by Crippen LogP contribution is -2.59. The maximum Gasteiger partial charge on any atom is 0.355 e. The minimum atomic E-state index is -1.39. The van der Waals surface area contributed by atoms with Gasteiger partial charge in [-0.25, -0.2) is 4.79 Å². The van der Waals surface area contributed by atoms with Gasteiger partial charge in [-0.3, -0.25) is 28.8 Å². The molecule has 0 aliphatic carbocycles. The van der Waals surface area contributed by atoms with Gasteiger partial charge in [0.05, 0.1) is 19.3 Å². The maximum atomic E-state index is 13.9. The highest BCUT2D eigenvalue weighted by atomic mass is 16.7. The van der Waals surface area contributed by atoms with Crippen molar-refractivity contribution in [3.63, 3.8) is 0 Å². The minimum Gasteiger partial charge on any atom is -0.461 e. The van der Waals surface area contributed by atoms with Crippen LogP contribution in [-0.4, -0.2) is 77.3 Å². The second-order valence-corrected chi connectivity index (χ2v) is 13.8. The van der Waals surface area contributed by atoms with Gasteiger partial charge in [-0.05, 0) is 35.4 Å². The van der Waals surface area contributed by atoms with Crippen molar-refractivity contribution in [2.75, 3.05) is 6.61 Å². The van der Waals surface area contributed by atoms with Gasteiger partial charge in [0, 0.05) is 25.7 Å². The van der Waals surface area contributed by atoms with Crippen molar-refractivity contribution in [2.24, 2.45) is 11.7 Å². The van der Waals surface area contributed by atoms with E-state index >= 15 is 0 Å². The lowest BCUT2D eigenvalue weighted by molar-refractivity contribution is -0.199. The molecule has 0 spiro atoms. The van der Waals surface area contributed by atoms with Gasteiger partial charge in [0.1, 0.15) is 24.7 Å². The topological polar surface area (TPSA) is 213 Å². The number of nitrogens with one attached hydrogen (secondary N) is 3. The van der Waals surface area contributed by atoms with E-state index in [1.165, 1.54) is 0 Å². The summed E-state index contributed by atoms with van der Waals surface area (Å²) in [6, 6.07) is 21.9. The van der Waals surface area contributed by atoms with E-state index in [0.717, 1.165) is 11.1 Å². The Morgan fingerprint density at radius 3 is 1.75 bits per heavy atom. The zero-order valence-electron chi connectivity index (χ0n) is 31.5. The molecule has 0 saturated carbocycles. The predicted octanol–water partition coefficient (Wildman–Crippen LogP) is 2.40.